The summed E-state index contributed by atoms with van der Waals surface area (Å²) in [5.74, 6) is 3.59. The minimum atomic E-state index is -3.48. The van der Waals surface area contributed by atoms with Crippen molar-refractivity contribution in [3.63, 3.8) is 0 Å². The lowest BCUT2D eigenvalue weighted by Gasteiger charge is -2.22. The highest BCUT2D eigenvalue weighted by molar-refractivity contribution is 7.90. The normalized spacial score (nSPS) is 12.2. The van der Waals surface area contributed by atoms with Gasteiger partial charge in [0.1, 0.15) is 37.3 Å². The number of carbonyl (C=O) groups excluding carboxylic acids is 6. The van der Waals surface area contributed by atoms with E-state index in [4.69, 9.17) is 15.2 Å². The predicted octanol–water partition coefficient (Wildman–Crippen LogP) is -1.71. The monoisotopic (exact) mass is 817 g/mol. The Balaban J connectivity index is 1.55. The molecule has 0 radical (unpaired) electrons. The first-order chi connectivity index (χ1) is 27.2. The van der Waals surface area contributed by atoms with Crippen molar-refractivity contribution < 1.29 is 46.7 Å². The molecule has 0 saturated heterocycles. The molecule has 0 fully saturated rings. The van der Waals surface area contributed by atoms with Crippen molar-refractivity contribution in [3.8, 4) is 11.8 Å². The maximum Gasteiger partial charge on any atom is 0.312 e. The number of aromatic nitrogens is 5. The van der Waals surface area contributed by atoms with Gasteiger partial charge in [0.05, 0.1) is 38.1 Å². The van der Waals surface area contributed by atoms with Crippen molar-refractivity contribution in [1.29, 1.82) is 0 Å². The van der Waals surface area contributed by atoms with E-state index in [2.05, 4.69) is 58.7 Å². The molecule has 57 heavy (non-hydrogen) atoms. The standard InChI is InChI=1S/C35H51N11O10S/c1-25(2)32(33(51)42-27(22-47)11-7-5-9-13-38-34(36)52)43-31(50)24-56-23-30(49)37-14-16-55-17-15-46-21-28(44-45-46)20-39-29(48)12-8-4-6-10-26-18-40-35(41-19-26)57(3,53)54/h7,11,18-19,21-22,25,27,32H,4-5,8-9,12-17,20,23-24H2,1-3H3,(H,37,49)(H,39,48)(H,42,51)(H,43,50)(H3,36,38,52)/b11-7+/t27-,32-/m0/s1. The molecule has 0 bridgehead atoms. The van der Waals surface area contributed by atoms with E-state index in [9.17, 15) is 37.2 Å². The number of nitrogens with one attached hydrogen (secondary N) is 5. The number of nitrogens with zero attached hydrogens (tertiary/aromatic N) is 5. The van der Waals surface area contributed by atoms with Crippen molar-refractivity contribution in [2.75, 3.05) is 45.8 Å². The predicted molar refractivity (Wildman–Crippen MR) is 203 cm³/mol. The SMILES string of the molecule is CC(C)[C@H](NC(=O)COCC(=O)NCCOCCn1cc(CNC(=O)CCCC#Cc2cnc(S(C)(=O)=O)nc2)nn1)C(=O)N[C@H](C=O)/C=C/CCCNC(N)=O. The zero-order chi connectivity index (χ0) is 42.1. The largest absolute Gasteiger partial charge is 0.378 e. The number of ether oxygens (including phenoxy) is 2. The molecule has 22 heteroatoms. The average molecular weight is 818 g/mol. The maximum atomic E-state index is 12.8. The Hall–Kier alpha value is -5.79. The molecule has 2 atom stereocenters. The van der Waals surface area contributed by atoms with Gasteiger partial charge in [-0.15, -0.1) is 5.10 Å². The van der Waals surface area contributed by atoms with E-state index in [0.717, 1.165) is 6.26 Å². The van der Waals surface area contributed by atoms with Crippen molar-refractivity contribution in [2.45, 2.75) is 76.3 Å². The highest BCUT2D eigenvalue weighted by Crippen LogP contribution is 2.04. The van der Waals surface area contributed by atoms with Crippen LogP contribution in [-0.4, -0.2) is 127 Å². The maximum absolute atomic E-state index is 12.8. The Bertz CT molecular complexity index is 1820. The third kappa shape index (κ3) is 21.2. The molecule has 0 spiro atoms. The van der Waals surface area contributed by atoms with E-state index in [1.54, 1.807) is 30.8 Å². The molecule has 6 amide bonds. The Kier molecular flexibility index (Phi) is 21.7. The number of nitrogens with two attached hydrogens (primary N) is 1. The first-order valence-corrected chi connectivity index (χ1v) is 19.9. The molecule has 0 aromatic carbocycles. The fraction of sp³-hybridized carbons (Fsp3) is 0.543. The number of rotatable bonds is 26. The third-order valence-electron chi connectivity index (χ3n) is 7.36. The number of allylic oxidation sites excluding steroid dienone is 1. The van der Waals surface area contributed by atoms with Gasteiger partial charge in [-0.1, -0.05) is 43.1 Å². The highest BCUT2D eigenvalue weighted by Gasteiger charge is 2.25. The number of hydrogen-bond acceptors (Lipinski definition) is 14. The second-order valence-electron chi connectivity index (χ2n) is 12.7. The molecule has 21 nitrogen and oxygen atoms in total. The van der Waals surface area contributed by atoms with Gasteiger partial charge in [0.25, 0.3) is 0 Å². The van der Waals surface area contributed by atoms with E-state index in [1.165, 1.54) is 18.5 Å². The molecule has 0 aliphatic rings. The first kappa shape index (κ1) is 47.4. The Morgan fingerprint density at radius 2 is 1.68 bits per heavy atom. The highest BCUT2D eigenvalue weighted by atomic mass is 32.2. The first-order valence-electron chi connectivity index (χ1n) is 18.0. The molecule has 2 rings (SSSR count). The number of primary amides is 1. The summed E-state index contributed by atoms with van der Waals surface area (Å²) in [5.41, 5.74) is 6.03. The van der Waals surface area contributed by atoms with Crippen molar-refractivity contribution in [2.24, 2.45) is 11.7 Å². The van der Waals surface area contributed by atoms with E-state index in [-0.39, 0.29) is 49.7 Å². The van der Waals surface area contributed by atoms with Crippen molar-refractivity contribution in [1.82, 2.24) is 51.5 Å². The number of sulfone groups is 1. The second kappa shape index (κ2) is 26.1. The van der Waals surface area contributed by atoms with Crippen LogP contribution in [0.25, 0.3) is 0 Å². The van der Waals surface area contributed by atoms with Gasteiger partial charge in [-0.3, -0.25) is 19.2 Å². The van der Waals surface area contributed by atoms with Gasteiger partial charge in [0.2, 0.25) is 38.6 Å². The van der Waals surface area contributed by atoms with Crippen LogP contribution in [0, 0.1) is 17.8 Å². The Morgan fingerprint density at radius 3 is 2.37 bits per heavy atom. The van der Waals surface area contributed by atoms with Crippen LogP contribution < -0.4 is 32.3 Å². The number of hydrogen-bond donors (Lipinski definition) is 6. The number of aldehydes is 1. The van der Waals surface area contributed by atoms with Gasteiger partial charge in [-0.2, -0.15) is 0 Å². The van der Waals surface area contributed by atoms with Gasteiger partial charge >= 0.3 is 6.03 Å². The quantitative estimate of drug-likeness (QED) is 0.0203. The molecule has 2 aromatic heterocycles. The van der Waals surface area contributed by atoms with Crippen LogP contribution in [0.4, 0.5) is 4.79 Å². The fourth-order valence-electron chi connectivity index (χ4n) is 4.50. The van der Waals surface area contributed by atoms with Crippen LogP contribution in [-0.2, 0) is 56.4 Å². The van der Waals surface area contributed by atoms with E-state index in [1.807, 2.05) is 0 Å². The third-order valence-corrected chi connectivity index (χ3v) is 8.24. The van der Waals surface area contributed by atoms with Crippen LogP contribution in [0.2, 0.25) is 0 Å². The van der Waals surface area contributed by atoms with Crippen LogP contribution in [0.1, 0.15) is 57.2 Å². The minimum Gasteiger partial charge on any atom is -0.378 e. The summed E-state index contributed by atoms with van der Waals surface area (Å²) in [7, 11) is -3.48. The molecule has 312 valence electrons. The molecule has 0 aliphatic carbocycles. The summed E-state index contributed by atoms with van der Waals surface area (Å²) in [6, 6.07) is -2.50. The van der Waals surface area contributed by atoms with Gasteiger partial charge in [0, 0.05) is 44.6 Å². The zero-order valence-corrected chi connectivity index (χ0v) is 33.0. The van der Waals surface area contributed by atoms with E-state index in [0.29, 0.717) is 56.3 Å². The van der Waals surface area contributed by atoms with Gasteiger partial charge in [0.15, 0.2) is 0 Å². The fourth-order valence-corrected chi connectivity index (χ4v) is 4.98. The van der Waals surface area contributed by atoms with Crippen molar-refractivity contribution in [3.05, 3.63) is 42.0 Å². The van der Waals surface area contributed by atoms with Crippen LogP contribution in [0.3, 0.4) is 0 Å². The summed E-state index contributed by atoms with van der Waals surface area (Å²) in [4.78, 5) is 79.2. The minimum absolute atomic E-state index is 0.174. The van der Waals surface area contributed by atoms with Crippen LogP contribution in [0.5, 0.6) is 0 Å². The lowest BCUT2D eigenvalue weighted by atomic mass is 10.0. The van der Waals surface area contributed by atoms with E-state index < -0.39 is 58.9 Å². The van der Waals surface area contributed by atoms with Gasteiger partial charge in [-0.05, 0) is 25.2 Å². The second-order valence-corrected chi connectivity index (χ2v) is 14.6. The Morgan fingerprint density at radius 1 is 0.947 bits per heavy atom. The summed E-state index contributed by atoms with van der Waals surface area (Å²) in [5, 5.41) is 20.7. The summed E-state index contributed by atoms with van der Waals surface area (Å²) >= 11 is 0. The molecule has 0 saturated carbocycles. The molecule has 0 unspecified atom stereocenters. The smallest absolute Gasteiger partial charge is 0.312 e. The molecule has 0 aliphatic heterocycles. The molecular weight excluding hydrogens is 767 g/mol. The lowest BCUT2D eigenvalue weighted by molar-refractivity contribution is -0.135. The van der Waals surface area contributed by atoms with Crippen LogP contribution in [0.15, 0.2) is 35.9 Å². The topological polar surface area (TPSA) is 298 Å². The number of unbranched alkanes of at least 4 members (excludes halogenated alkanes) is 2. The van der Waals surface area contributed by atoms with Crippen LogP contribution >= 0.6 is 0 Å². The average Bonchev–Trinajstić information content (AvgIpc) is 3.62. The number of carbonyl (C=O) groups is 6. The zero-order valence-electron chi connectivity index (χ0n) is 32.2. The van der Waals surface area contributed by atoms with E-state index >= 15 is 0 Å². The summed E-state index contributed by atoms with van der Waals surface area (Å²) in [6.07, 6.45) is 11.5. The lowest BCUT2D eigenvalue weighted by Crippen LogP contribution is -2.52. The molecular formula is C35H51N11O10S. The number of amides is 6. The van der Waals surface area contributed by atoms with Gasteiger partial charge in [-0.25, -0.2) is 27.9 Å². The molecule has 2 heterocycles. The molecule has 7 N–H and O–H groups in total. The molecule has 2 aromatic rings. The number of urea groups is 1. The van der Waals surface area contributed by atoms with Crippen molar-refractivity contribution >= 4 is 45.8 Å². The summed E-state index contributed by atoms with van der Waals surface area (Å²) < 4.78 is 35.1. The summed E-state index contributed by atoms with van der Waals surface area (Å²) in [6.45, 7) is 4.19. The Labute approximate surface area is 331 Å². The van der Waals surface area contributed by atoms with Gasteiger partial charge < -0.3 is 46.6 Å².